The van der Waals surface area contributed by atoms with Gasteiger partial charge in [-0.3, -0.25) is 14.5 Å². The van der Waals surface area contributed by atoms with Gasteiger partial charge in [-0.1, -0.05) is 36.4 Å². The van der Waals surface area contributed by atoms with Crippen LogP contribution in [-0.2, 0) is 11.3 Å². The van der Waals surface area contributed by atoms with Gasteiger partial charge in [0.2, 0.25) is 5.91 Å². The number of likely N-dealkylation sites (N-methyl/N-ethyl adjacent to an activating group) is 1. The van der Waals surface area contributed by atoms with Crippen LogP contribution in [0.3, 0.4) is 0 Å². The molecule has 1 saturated carbocycles. The molecule has 0 spiro atoms. The number of amides is 1. The molecule has 162 valence electrons. The Labute approximate surface area is 182 Å². The number of hydrogen-bond donors (Lipinski definition) is 2. The van der Waals surface area contributed by atoms with Gasteiger partial charge in [-0.2, -0.15) is 0 Å². The number of aliphatic hydroxyl groups excluding tert-OH is 1. The molecule has 1 amide bonds. The van der Waals surface area contributed by atoms with Crippen molar-refractivity contribution in [1.29, 1.82) is 0 Å². The molecular formula is C25H29N3O3. The number of likely N-dealkylation sites (tertiary alicyclic amines) is 1. The maximum absolute atomic E-state index is 13.2. The summed E-state index contributed by atoms with van der Waals surface area (Å²) >= 11 is 0. The first-order chi connectivity index (χ1) is 15.1. The van der Waals surface area contributed by atoms with Crippen LogP contribution in [0.2, 0.25) is 0 Å². The van der Waals surface area contributed by atoms with E-state index in [0.717, 1.165) is 30.5 Å². The lowest BCUT2D eigenvalue weighted by Crippen LogP contribution is -2.51. The summed E-state index contributed by atoms with van der Waals surface area (Å²) in [7, 11) is 1.95. The Balaban J connectivity index is 1.41. The van der Waals surface area contributed by atoms with Crippen LogP contribution in [0.15, 0.2) is 47.3 Å². The third-order valence-corrected chi connectivity index (χ3v) is 7.36. The molecule has 1 aromatic heterocycles. The molecule has 1 aromatic carbocycles. The Kier molecular flexibility index (Phi) is 5.28. The topological polar surface area (TPSA) is 74.6 Å². The van der Waals surface area contributed by atoms with Crippen molar-refractivity contribution in [3.8, 4) is 0 Å². The fourth-order valence-electron chi connectivity index (χ4n) is 5.51. The SMILES string of the molecule is CN1[C@@H]2c3ccc(/C=C/c4ccccc4)c(=O)n3C[C@@H]2[C@@H](CO)[C@@H]1C(=O)NC1CCC1. The number of rotatable bonds is 5. The van der Waals surface area contributed by atoms with E-state index in [1.54, 1.807) is 0 Å². The summed E-state index contributed by atoms with van der Waals surface area (Å²) in [6, 6.07) is 13.7. The van der Waals surface area contributed by atoms with Crippen molar-refractivity contribution in [2.45, 2.75) is 43.9 Å². The summed E-state index contributed by atoms with van der Waals surface area (Å²) in [5, 5.41) is 13.3. The molecule has 6 nitrogen and oxygen atoms in total. The predicted octanol–water partition coefficient (Wildman–Crippen LogP) is 2.28. The number of nitrogens with one attached hydrogen (secondary N) is 1. The van der Waals surface area contributed by atoms with Gasteiger partial charge in [0.25, 0.3) is 5.56 Å². The molecule has 2 aromatic rings. The number of benzene rings is 1. The van der Waals surface area contributed by atoms with Crippen LogP contribution in [0.5, 0.6) is 0 Å². The zero-order chi connectivity index (χ0) is 21.5. The fraction of sp³-hybridized carbons (Fsp3) is 0.440. The number of aromatic nitrogens is 1. The van der Waals surface area contributed by atoms with Gasteiger partial charge in [0.1, 0.15) is 0 Å². The van der Waals surface area contributed by atoms with E-state index < -0.39 is 0 Å². The van der Waals surface area contributed by atoms with Crippen molar-refractivity contribution in [2.75, 3.05) is 13.7 Å². The minimum Gasteiger partial charge on any atom is -0.396 e. The van der Waals surface area contributed by atoms with E-state index in [0.29, 0.717) is 12.1 Å². The average Bonchev–Trinajstić information content (AvgIpc) is 3.26. The van der Waals surface area contributed by atoms with E-state index in [2.05, 4.69) is 10.2 Å². The highest BCUT2D eigenvalue weighted by Crippen LogP contribution is 2.48. The van der Waals surface area contributed by atoms with Gasteiger partial charge in [-0.15, -0.1) is 0 Å². The second kappa shape index (κ2) is 8.09. The maximum atomic E-state index is 13.2. The molecule has 0 bridgehead atoms. The van der Waals surface area contributed by atoms with Crippen LogP contribution in [-0.4, -0.2) is 46.2 Å². The maximum Gasteiger partial charge on any atom is 0.258 e. The average molecular weight is 420 g/mol. The second-order valence-electron chi connectivity index (χ2n) is 9.08. The Bertz CT molecular complexity index is 1060. The van der Waals surface area contributed by atoms with Crippen molar-refractivity contribution in [3.63, 3.8) is 0 Å². The van der Waals surface area contributed by atoms with Crippen LogP contribution in [0, 0.1) is 11.8 Å². The van der Waals surface area contributed by atoms with E-state index >= 15 is 0 Å². The monoisotopic (exact) mass is 419 g/mol. The zero-order valence-electron chi connectivity index (χ0n) is 17.8. The number of nitrogens with zero attached hydrogens (tertiary/aromatic N) is 2. The van der Waals surface area contributed by atoms with E-state index in [1.807, 2.05) is 66.2 Å². The van der Waals surface area contributed by atoms with Crippen molar-refractivity contribution in [1.82, 2.24) is 14.8 Å². The molecule has 3 aliphatic rings. The number of carbonyl (C=O) groups excluding carboxylic acids is 1. The van der Waals surface area contributed by atoms with Crippen molar-refractivity contribution >= 4 is 18.1 Å². The van der Waals surface area contributed by atoms with E-state index in [4.69, 9.17) is 0 Å². The number of aliphatic hydroxyl groups is 1. The lowest BCUT2D eigenvalue weighted by molar-refractivity contribution is -0.128. The first-order valence-electron chi connectivity index (χ1n) is 11.2. The molecule has 4 atom stereocenters. The molecule has 5 rings (SSSR count). The molecule has 0 radical (unpaired) electrons. The summed E-state index contributed by atoms with van der Waals surface area (Å²) in [5.74, 6) is -0.122. The predicted molar refractivity (Wildman–Crippen MR) is 120 cm³/mol. The Morgan fingerprint density at radius 3 is 2.61 bits per heavy atom. The molecule has 6 heteroatoms. The van der Waals surface area contributed by atoms with Gasteiger partial charge in [0.05, 0.1) is 12.1 Å². The minimum absolute atomic E-state index is 0.0111. The van der Waals surface area contributed by atoms with E-state index in [-0.39, 0.29) is 48.0 Å². The molecule has 1 saturated heterocycles. The van der Waals surface area contributed by atoms with E-state index in [9.17, 15) is 14.7 Å². The van der Waals surface area contributed by atoms with Crippen LogP contribution in [0.4, 0.5) is 0 Å². The van der Waals surface area contributed by atoms with Gasteiger partial charge in [0.15, 0.2) is 0 Å². The first-order valence-corrected chi connectivity index (χ1v) is 11.2. The third kappa shape index (κ3) is 3.44. The molecule has 0 unspecified atom stereocenters. The summed E-state index contributed by atoms with van der Waals surface area (Å²) in [5.41, 5.74) is 2.62. The van der Waals surface area contributed by atoms with Crippen molar-refractivity contribution in [2.24, 2.45) is 11.8 Å². The first kappa shape index (κ1) is 20.2. The van der Waals surface area contributed by atoms with Gasteiger partial charge >= 0.3 is 0 Å². The van der Waals surface area contributed by atoms with Gasteiger partial charge in [-0.25, -0.2) is 0 Å². The van der Waals surface area contributed by atoms with Crippen LogP contribution in [0.1, 0.15) is 42.1 Å². The minimum atomic E-state index is -0.359. The second-order valence-corrected chi connectivity index (χ2v) is 9.08. The molecule has 2 N–H and O–H groups in total. The van der Waals surface area contributed by atoms with Crippen molar-refractivity contribution < 1.29 is 9.90 Å². The number of fused-ring (bicyclic) bond motifs is 3. The number of hydrogen-bond acceptors (Lipinski definition) is 4. The summed E-state index contributed by atoms with van der Waals surface area (Å²) in [6.45, 7) is 0.479. The summed E-state index contributed by atoms with van der Waals surface area (Å²) in [6.07, 6.45) is 7.05. The van der Waals surface area contributed by atoms with Gasteiger partial charge < -0.3 is 15.0 Å². The lowest BCUT2D eigenvalue weighted by atomic mass is 9.87. The Morgan fingerprint density at radius 1 is 1.16 bits per heavy atom. The Hall–Kier alpha value is -2.70. The highest BCUT2D eigenvalue weighted by Gasteiger charge is 2.54. The molecule has 2 fully saturated rings. The molecular weight excluding hydrogens is 390 g/mol. The largest absolute Gasteiger partial charge is 0.396 e. The molecule has 3 heterocycles. The Morgan fingerprint density at radius 2 is 1.94 bits per heavy atom. The molecule has 1 aliphatic carbocycles. The molecule has 2 aliphatic heterocycles. The van der Waals surface area contributed by atoms with Gasteiger partial charge in [0, 0.05) is 42.3 Å². The van der Waals surface area contributed by atoms with Crippen LogP contribution >= 0.6 is 0 Å². The molecule has 31 heavy (non-hydrogen) atoms. The highest BCUT2D eigenvalue weighted by molar-refractivity contribution is 5.83. The third-order valence-electron chi connectivity index (χ3n) is 7.36. The van der Waals surface area contributed by atoms with Gasteiger partial charge in [-0.05, 0) is 50.1 Å². The number of pyridine rings is 1. The summed E-state index contributed by atoms with van der Waals surface area (Å²) < 4.78 is 1.83. The standard InChI is InChI=1S/C25H29N3O3/c1-27-22-19(20(15-29)23(27)24(30)26-18-8-5-9-18)14-28-21(22)13-12-17(25(28)31)11-10-16-6-3-2-4-7-16/h2-4,6-7,10-13,18-20,22-23,29H,5,8-9,14-15H2,1H3,(H,26,30)/b11-10+/t19-,20-,22+,23-/m1/s1. The quantitative estimate of drug-likeness (QED) is 0.780. The lowest BCUT2D eigenvalue weighted by Gasteiger charge is -2.32. The van der Waals surface area contributed by atoms with Crippen molar-refractivity contribution in [3.05, 3.63) is 69.6 Å². The van der Waals surface area contributed by atoms with E-state index in [1.165, 1.54) is 0 Å². The van der Waals surface area contributed by atoms with Crippen LogP contribution < -0.4 is 10.9 Å². The summed E-state index contributed by atoms with van der Waals surface area (Å²) in [4.78, 5) is 28.2. The smallest absolute Gasteiger partial charge is 0.258 e. The zero-order valence-corrected chi connectivity index (χ0v) is 17.8. The number of carbonyl (C=O) groups is 1. The van der Waals surface area contributed by atoms with Crippen LogP contribution in [0.25, 0.3) is 12.2 Å². The normalized spacial score (nSPS) is 27.8. The fourth-order valence-corrected chi connectivity index (χ4v) is 5.51. The highest BCUT2D eigenvalue weighted by atomic mass is 16.3.